The number of hydrogen-bond donors (Lipinski definition) is 1. The van der Waals surface area contributed by atoms with E-state index in [-0.39, 0.29) is 12.0 Å². The highest BCUT2D eigenvalue weighted by Gasteiger charge is 2.17. The predicted molar refractivity (Wildman–Crippen MR) is 37.5 cm³/mol. The van der Waals surface area contributed by atoms with Gasteiger partial charge in [0.2, 0.25) is 5.91 Å². The molecule has 3 heteroatoms. The van der Waals surface area contributed by atoms with Crippen LogP contribution in [0.25, 0.3) is 0 Å². The van der Waals surface area contributed by atoms with Crippen molar-refractivity contribution in [2.24, 2.45) is 0 Å². The van der Waals surface area contributed by atoms with Gasteiger partial charge in [-0.05, 0) is 12.8 Å². The molecule has 1 N–H and O–H groups in total. The first-order valence-electron chi connectivity index (χ1n) is 3.62. The summed E-state index contributed by atoms with van der Waals surface area (Å²) in [6.45, 7) is 0.499. The summed E-state index contributed by atoms with van der Waals surface area (Å²) in [4.78, 5) is 12.6. The highest BCUT2D eigenvalue weighted by atomic mass is 16.3. The lowest BCUT2D eigenvalue weighted by atomic mass is 10.2. The average molecular weight is 143 g/mol. The van der Waals surface area contributed by atoms with Gasteiger partial charge in [-0.1, -0.05) is 0 Å². The highest BCUT2D eigenvalue weighted by Crippen LogP contribution is 2.09. The van der Waals surface area contributed by atoms with Gasteiger partial charge in [-0.2, -0.15) is 0 Å². The second-order valence-corrected chi connectivity index (χ2v) is 2.82. The number of aliphatic hydroxyl groups excluding tert-OH is 1. The maximum atomic E-state index is 11.0. The molecule has 0 aromatic rings. The zero-order chi connectivity index (χ0) is 7.56. The summed E-state index contributed by atoms with van der Waals surface area (Å²) < 4.78 is 0. The normalized spacial score (nSPS) is 28.4. The van der Waals surface area contributed by atoms with Crippen LogP contribution in [0.2, 0.25) is 0 Å². The Morgan fingerprint density at radius 3 is 3.10 bits per heavy atom. The van der Waals surface area contributed by atoms with Crippen LogP contribution in [0.15, 0.2) is 0 Å². The van der Waals surface area contributed by atoms with Crippen LogP contribution < -0.4 is 0 Å². The first kappa shape index (κ1) is 7.54. The fourth-order valence-electron chi connectivity index (χ4n) is 1.19. The van der Waals surface area contributed by atoms with E-state index in [1.165, 1.54) is 0 Å². The molecule has 0 bridgehead atoms. The number of rotatable bonds is 0. The Labute approximate surface area is 60.6 Å². The van der Waals surface area contributed by atoms with Crippen LogP contribution in [-0.2, 0) is 4.79 Å². The van der Waals surface area contributed by atoms with E-state index >= 15 is 0 Å². The molecule has 10 heavy (non-hydrogen) atoms. The SMILES string of the molecule is CN1CC(O)CCCC1=O. The molecular weight excluding hydrogens is 130 g/mol. The van der Waals surface area contributed by atoms with Crippen molar-refractivity contribution in [2.75, 3.05) is 13.6 Å². The Hall–Kier alpha value is -0.570. The van der Waals surface area contributed by atoms with E-state index < -0.39 is 0 Å². The number of aliphatic hydroxyl groups is 1. The summed E-state index contributed by atoms with van der Waals surface area (Å²) in [5.74, 6) is 0.150. The molecule has 1 rings (SSSR count). The number of amides is 1. The van der Waals surface area contributed by atoms with Crippen molar-refractivity contribution in [3.8, 4) is 0 Å². The monoisotopic (exact) mass is 143 g/mol. The Kier molecular flexibility index (Phi) is 2.27. The van der Waals surface area contributed by atoms with Gasteiger partial charge in [0.1, 0.15) is 0 Å². The summed E-state index contributed by atoms with van der Waals surface area (Å²) in [5, 5.41) is 9.18. The molecule has 1 aliphatic rings. The lowest BCUT2D eigenvalue weighted by Gasteiger charge is -2.15. The molecule has 1 heterocycles. The molecule has 0 spiro atoms. The lowest BCUT2D eigenvalue weighted by Crippen LogP contribution is -2.30. The third kappa shape index (κ3) is 1.70. The molecule has 0 aromatic heterocycles. The quantitative estimate of drug-likeness (QED) is 0.518. The maximum absolute atomic E-state index is 11.0. The molecule has 0 radical (unpaired) electrons. The van der Waals surface area contributed by atoms with Gasteiger partial charge in [-0.15, -0.1) is 0 Å². The molecule has 1 amide bonds. The summed E-state index contributed by atoms with van der Waals surface area (Å²) in [5.41, 5.74) is 0. The minimum absolute atomic E-state index is 0.150. The first-order chi connectivity index (χ1) is 4.70. The van der Waals surface area contributed by atoms with Crippen LogP contribution in [0.4, 0.5) is 0 Å². The van der Waals surface area contributed by atoms with Gasteiger partial charge in [-0.3, -0.25) is 4.79 Å². The van der Waals surface area contributed by atoms with Crippen molar-refractivity contribution < 1.29 is 9.90 Å². The van der Waals surface area contributed by atoms with Gasteiger partial charge in [0, 0.05) is 20.0 Å². The fraction of sp³-hybridized carbons (Fsp3) is 0.857. The Morgan fingerprint density at radius 1 is 1.70 bits per heavy atom. The van der Waals surface area contributed by atoms with E-state index in [1.54, 1.807) is 11.9 Å². The summed E-state index contributed by atoms with van der Waals surface area (Å²) >= 11 is 0. The largest absolute Gasteiger partial charge is 0.391 e. The molecule has 3 nitrogen and oxygen atoms in total. The third-order valence-electron chi connectivity index (χ3n) is 1.84. The molecule has 1 atom stereocenters. The summed E-state index contributed by atoms with van der Waals surface area (Å²) in [6, 6.07) is 0. The molecular formula is C7H13NO2. The average Bonchev–Trinajstić information content (AvgIpc) is 1.96. The molecule has 0 aromatic carbocycles. The number of nitrogens with zero attached hydrogens (tertiary/aromatic N) is 1. The van der Waals surface area contributed by atoms with Crippen LogP contribution in [-0.4, -0.2) is 35.6 Å². The van der Waals surface area contributed by atoms with Gasteiger partial charge in [0.25, 0.3) is 0 Å². The van der Waals surface area contributed by atoms with Crippen molar-refractivity contribution in [3.05, 3.63) is 0 Å². The number of likely N-dealkylation sites (tertiary alicyclic amines) is 1. The van der Waals surface area contributed by atoms with E-state index in [4.69, 9.17) is 0 Å². The van der Waals surface area contributed by atoms with Crippen molar-refractivity contribution in [2.45, 2.75) is 25.4 Å². The number of carbonyl (C=O) groups is 1. The van der Waals surface area contributed by atoms with Crippen molar-refractivity contribution in [1.82, 2.24) is 4.90 Å². The number of hydrogen-bond acceptors (Lipinski definition) is 2. The second kappa shape index (κ2) is 3.01. The topological polar surface area (TPSA) is 40.5 Å². The third-order valence-corrected chi connectivity index (χ3v) is 1.84. The van der Waals surface area contributed by atoms with Crippen LogP contribution in [0, 0.1) is 0 Å². The summed E-state index contributed by atoms with van der Waals surface area (Å²) in [6.07, 6.45) is 1.87. The van der Waals surface area contributed by atoms with Gasteiger partial charge in [0.15, 0.2) is 0 Å². The van der Waals surface area contributed by atoms with Gasteiger partial charge in [-0.25, -0.2) is 0 Å². The standard InChI is InChI=1S/C7H13NO2/c1-8-5-6(9)3-2-4-7(8)10/h6,9H,2-5H2,1H3. The predicted octanol–water partition coefficient (Wildman–Crippen LogP) is -0.0104. The van der Waals surface area contributed by atoms with Crippen LogP contribution >= 0.6 is 0 Å². The Morgan fingerprint density at radius 2 is 2.40 bits per heavy atom. The number of carbonyl (C=O) groups excluding carboxylic acids is 1. The molecule has 0 saturated carbocycles. The Balaban J connectivity index is 2.49. The Bertz CT molecular complexity index is 136. The lowest BCUT2D eigenvalue weighted by molar-refractivity contribution is -0.130. The molecule has 1 aliphatic heterocycles. The van der Waals surface area contributed by atoms with Gasteiger partial charge in [0.05, 0.1) is 6.10 Å². The van der Waals surface area contributed by atoms with Gasteiger partial charge < -0.3 is 10.0 Å². The molecule has 1 saturated heterocycles. The molecule has 1 unspecified atom stereocenters. The van der Waals surface area contributed by atoms with E-state index in [2.05, 4.69) is 0 Å². The van der Waals surface area contributed by atoms with Crippen LogP contribution in [0.5, 0.6) is 0 Å². The maximum Gasteiger partial charge on any atom is 0.222 e. The first-order valence-corrected chi connectivity index (χ1v) is 3.62. The molecule has 1 fully saturated rings. The van der Waals surface area contributed by atoms with Crippen LogP contribution in [0.3, 0.4) is 0 Å². The zero-order valence-corrected chi connectivity index (χ0v) is 6.21. The van der Waals surface area contributed by atoms with E-state index in [9.17, 15) is 9.90 Å². The number of likely N-dealkylation sites (N-methyl/N-ethyl adjacent to an activating group) is 1. The van der Waals surface area contributed by atoms with Crippen molar-refractivity contribution >= 4 is 5.91 Å². The highest BCUT2D eigenvalue weighted by molar-refractivity contribution is 5.76. The minimum Gasteiger partial charge on any atom is -0.391 e. The van der Waals surface area contributed by atoms with Crippen LogP contribution in [0.1, 0.15) is 19.3 Å². The number of β-amino-alcohol motifs (C(OH)–C–C–N with tert-alkyl or cyclic N) is 1. The fourth-order valence-corrected chi connectivity index (χ4v) is 1.19. The minimum atomic E-state index is -0.309. The van der Waals surface area contributed by atoms with E-state index in [1.807, 2.05) is 0 Å². The van der Waals surface area contributed by atoms with Crippen molar-refractivity contribution in [3.63, 3.8) is 0 Å². The second-order valence-electron chi connectivity index (χ2n) is 2.82. The van der Waals surface area contributed by atoms with E-state index in [0.29, 0.717) is 13.0 Å². The van der Waals surface area contributed by atoms with Gasteiger partial charge >= 0.3 is 0 Å². The molecule has 0 aliphatic carbocycles. The smallest absolute Gasteiger partial charge is 0.222 e. The zero-order valence-electron chi connectivity index (χ0n) is 6.21. The van der Waals surface area contributed by atoms with E-state index in [0.717, 1.165) is 12.8 Å². The summed E-state index contributed by atoms with van der Waals surface area (Å²) in [7, 11) is 1.73. The molecule has 58 valence electrons. The van der Waals surface area contributed by atoms with Crippen molar-refractivity contribution in [1.29, 1.82) is 0 Å².